The van der Waals surface area contributed by atoms with E-state index in [-0.39, 0.29) is 12.2 Å². The van der Waals surface area contributed by atoms with Crippen molar-refractivity contribution < 1.29 is 9.47 Å². The number of hydrogen-bond donors (Lipinski definition) is 1. The zero-order valence-corrected chi connectivity index (χ0v) is 20.6. The fourth-order valence-electron chi connectivity index (χ4n) is 4.16. The Bertz CT molecular complexity index is 1000. The van der Waals surface area contributed by atoms with E-state index in [4.69, 9.17) is 9.47 Å². The van der Waals surface area contributed by atoms with E-state index in [0.717, 1.165) is 55.1 Å². The maximum atomic E-state index is 5.96. The van der Waals surface area contributed by atoms with Gasteiger partial charge in [0.15, 0.2) is 0 Å². The normalized spacial score (nSPS) is 15.0. The second-order valence-electron chi connectivity index (χ2n) is 9.38. The number of nitrogens with one attached hydrogen (secondary N) is 1. The lowest BCUT2D eigenvalue weighted by Crippen LogP contribution is -2.39. The number of likely N-dealkylation sites (tertiary alicyclic amines) is 1. The first-order valence-corrected chi connectivity index (χ1v) is 12.1. The molecule has 3 aromatic rings. The van der Waals surface area contributed by atoms with Gasteiger partial charge in [0.1, 0.15) is 11.5 Å². The van der Waals surface area contributed by atoms with Crippen LogP contribution in [0.3, 0.4) is 0 Å². The van der Waals surface area contributed by atoms with Gasteiger partial charge in [0, 0.05) is 67.7 Å². The quantitative estimate of drug-likeness (QED) is 0.470. The number of aromatic nitrogens is 3. The number of rotatable bonds is 9. The SMILES string of the molecule is CC(C)Oc1cc(CN2CCC(Nc3ncc(-c4cccnc4)cn3)CC2)cc(OC(C)C)c1. The van der Waals surface area contributed by atoms with Crippen LogP contribution in [0.2, 0.25) is 0 Å². The Morgan fingerprint density at radius 2 is 1.56 bits per heavy atom. The minimum atomic E-state index is 0.129. The predicted octanol–water partition coefficient (Wildman–Crippen LogP) is 5.19. The first-order valence-electron chi connectivity index (χ1n) is 12.1. The van der Waals surface area contributed by atoms with Crippen LogP contribution in [-0.2, 0) is 6.54 Å². The molecular formula is C27H35N5O2. The minimum absolute atomic E-state index is 0.129. The molecule has 1 saturated heterocycles. The van der Waals surface area contributed by atoms with Gasteiger partial charge in [0.2, 0.25) is 5.95 Å². The molecule has 7 nitrogen and oxygen atoms in total. The van der Waals surface area contributed by atoms with Gasteiger partial charge in [0.05, 0.1) is 12.2 Å². The van der Waals surface area contributed by atoms with E-state index in [2.05, 4.69) is 37.3 Å². The molecular weight excluding hydrogens is 426 g/mol. The Morgan fingerprint density at radius 1 is 0.912 bits per heavy atom. The summed E-state index contributed by atoms with van der Waals surface area (Å²) in [5, 5.41) is 3.50. The Balaban J connectivity index is 1.31. The summed E-state index contributed by atoms with van der Waals surface area (Å²) in [5.74, 6) is 2.42. The first-order chi connectivity index (χ1) is 16.4. The van der Waals surface area contributed by atoms with Crippen LogP contribution in [0.5, 0.6) is 11.5 Å². The number of nitrogens with zero attached hydrogens (tertiary/aromatic N) is 4. The van der Waals surface area contributed by atoms with Crippen molar-refractivity contribution in [3.63, 3.8) is 0 Å². The summed E-state index contributed by atoms with van der Waals surface area (Å²) in [6, 6.07) is 10.6. The van der Waals surface area contributed by atoms with Crippen LogP contribution in [-0.4, -0.2) is 51.2 Å². The standard InChI is InChI=1S/C27H35N5O2/c1-19(2)33-25-12-21(13-26(14-25)34-20(3)4)18-32-10-7-24(8-11-32)31-27-29-16-23(17-30-27)22-6-5-9-28-15-22/h5-6,9,12-17,19-20,24H,7-8,10-11,18H2,1-4H3,(H,29,30,31). The third-order valence-corrected chi connectivity index (χ3v) is 5.66. The highest BCUT2D eigenvalue weighted by atomic mass is 16.5. The monoisotopic (exact) mass is 461 g/mol. The van der Waals surface area contributed by atoms with Gasteiger partial charge in [-0.2, -0.15) is 0 Å². The number of anilines is 1. The molecule has 0 bridgehead atoms. The third kappa shape index (κ3) is 6.90. The van der Waals surface area contributed by atoms with Gasteiger partial charge in [-0.3, -0.25) is 9.88 Å². The van der Waals surface area contributed by atoms with Crippen LogP contribution in [0.1, 0.15) is 46.1 Å². The van der Waals surface area contributed by atoms with E-state index < -0.39 is 0 Å². The van der Waals surface area contributed by atoms with Crippen molar-refractivity contribution in [3.8, 4) is 22.6 Å². The smallest absolute Gasteiger partial charge is 0.222 e. The fraction of sp³-hybridized carbons (Fsp3) is 0.444. The van der Waals surface area contributed by atoms with Crippen LogP contribution in [0, 0.1) is 0 Å². The van der Waals surface area contributed by atoms with Crippen molar-refractivity contribution in [1.29, 1.82) is 0 Å². The Hall–Kier alpha value is -3.19. The molecule has 0 aliphatic carbocycles. The topological polar surface area (TPSA) is 72.4 Å². The van der Waals surface area contributed by atoms with Gasteiger partial charge in [-0.05, 0) is 64.3 Å². The molecule has 34 heavy (non-hydrogen) atoms. The van der Waals surface area contributed by atoms with Gasteiger partial charge >= 0.3 is 0 Å². The van der Waals surface area contributed by atoms with Crippen molar-refractivity contribution in [2.45, 2.75) is 65.3 Å². The number of benzene rings is 1. The van der Waals surface area contributed by atoms with E-state index >= 15 is 0 Å². The van der Waals surface area contributed by atoms with Gasteiger partial charge in [-0.1, -0.05) is 6.07 Å². The van der Waals surface area contributed by atoms with Crippen molar-refractivity contribution in [2.24, 2.45) is 0 Å². The Kier molecular flexibility index (Phi) is 7.95. The summed E-state index contributed by atoms with van der Waals surface area (Å²) in [6.07, 6.45) is 9.64. The van der Waals surface area contributed by atoms with E-state index in [1.807, 2.05) is 64.5 Å². The van der Waals surface area contributed by atoms with E-state index in [9.17, 15) is 0 Å². The average Bonchev–Trinajstić information content (AvgIpc) is 2.80. The largest absolute Gasteiger partial charge is 0.491 e. The lowest BCUT2D eigenvalue weighted by Gasteiger charge is -2.32. The fourth-order valence-corrected chi connectivity index (χ4v) is 4.16. The van der Waals surface area contributed by atoms with Gasteiger partial charge < -0.3 is 14.8 Å². The molecule has 0 amide bonds. The number of piperidine rings is 1. The highest BCUT2D eigenvalue weighted by Gasteiger charge is 2.20. The molecule has 4 rings (SSSR count). The highest BCUT2D eigenvalue weighted by Crippen LogP contribution is 2.27. The van der Waals surface area contributed by atoms with Gasteiger partial charge in [-0.25, -0.2) is 9.97 Å². The molecule has 7 heteroatoms. The molecule has 0 atom stereocenters. The minimum Gasteiger partial charge on any atom is -0.491 e. The van der Waals surface area contributed by atoms with Crippen molar-refractivity contribution in [2.75, 3.05) is 18.4 Å². The third-order valence-electron chi connectivity index (χ3n) is 5.66. The van der Waals surface area contributed by atoms with Crippen LogP contribution < -0.4 is 14.8 Å². The van der Waals surface area contributed by atoms with E-state index in [1.165, 1.54) is 5.56 Å². The van der Waals surface area contributed by atoms with Crippen LogP contribution in [0.15, 0.2) is 55.1 Å². The molecule has 0 unspecified atom stereocenters. The average molecular weight is 462 g/mol. The molecule has 180 valence electrons. The molecule has 2 aromatic heterocycles. The Labute approximate surface area is 202 Å². The molecule has 1 N–H and O–H groups in total. The highest BCUT2D eigenvalue weighted by molar-refractivity contribution is 5.60. The molecule has 0 radical (unpaired) electrons. The zero-order chi connectivity index (χ0) is 23.9. The molecule has 1 aromatic carbocycles. The lowest BCUT2D eigenvalue weighted by atomic mass is 10.0. The maximum absolute atomic E-state index is 5.96. The molecule has 3 heterocycles. The zero-order valence-electron chi connectivity index (χ0n) is 20.6. The van der Waals surface area contributed by atoms with E-state index in [1.54, 1.807) is 6.20 Å². The summed E-state index contributed by atoms with van der Waals surface area (Å²) in [5.41, 5.74) is 3.21. The van der Waals surface area contributed by atoms with Crippen molar-refractivity contribution in [3.05, 3.63) is 60.7 Å². The first kappa shape index (κ1) is 24.0. The molecule has 1 aliphatic heterocycles. The summed E-state index contributed by atoms with van der Waals surface area (Å²) in [7, 11) is 0. The molecule has 0 spiro atoms. The van der Waals surface area contributed by atoms with Crippen LogP contribution in [0.4, 0.5) is 5.95 Å². The van der Waals surface area contributed by atoms with E-state index in [0.29, 0.717) is 12.0 Å². The number of ether oxygens (including phenoxy) is 2. The molecule has 0 saturated carbocycles. The predicted molar refractivity (Wildman–Crippen MR) is 135 cm³/mol. The lowest BCUT2D eigenvalue weighted by molar-refractivity contribution is 0.207. The second kappa shape index (κ2) is 11.3. The maximum Gasteiger partial charge on any atom is 0.222 e. The Morgan fingerprint density at radius 3 is 2.12 bits per heavy atom. The second-order valence-corrected chi connectivity index (χ2v) is 9.38. The number of hydrogen-bond acceptors (Lipinski definition) is 7. The van der Waals surface area contributed by atoms with Crippen molar-refractivity contribution in [1.82, 2.24) is 19.9 Å². The van der Waals surface area contributed by atoms with Crippen molar-refractivity contribution >= 4 is 5.95 Å². The summed E-state index contributed by atoms with van der Waals surface area (Å²) < 4.78 is 11.9. The van der Waals surface area contributed by atoms with Crippen LogP contribution >= 0.6 is 0 Å². The summed E-state index contributed by atoms with van der Waals surface area (Å²) >= 11 is 0. The van der Waals surface area contributed by atoms with Gasteiger partial charge in [-0.15, -0.1) is 0 Å². The summed E-state index contributed by atoms with van der Waals surface area (Å²) in [4.78, 5) is 15.7. The van der Waals surface area contributed by atoms with Gasteiger partial charge in [0.25, 0.3) is 0 Å². The molecule has 1 aliphatic rings. The summed E-state index contributed by atoms with van der Waals surface area (Å²) in [6.45, 7) is 11.1. The number of pyridine rings is 1. The molecule has 1 fully saturated rings. The van der Waals surface area contributed by atoms with Crippen LogP contribution in [0.25, 0.3) is 11.1 Å².